The fourth-order valence-corrected chi connectivity index (χ4v) is 13.2. The summed E-state index contributed by atoms with van der Waals surface area (Å²) in [6.07, 6.45) is 0. The van der Waals surface area contributed by atoms with Gasteiger partial charge in [0, 0.05) is 0 Å². The summed E-state index contributed by atoms with van der Waals surface area (Å²) < 4.78 is 15.9. The maximum absolute atomic E-state index is 2.41. The minimum atomic E-state index is -1.51. The second kappa shape index (κ2) is 8.94. The van der Waals surface area contributed by atoms with Crippen molar-refractivity contribution in [3.8, 4) is 0 Å². The zero-order chi connectivity index (χ0) is 11.8. The van der Waals surface area contributed by atoms with Crippen LogP contribution in [0.4, 0.5) is 0 Å². The topological polar surface area (TPSA) is 0 Å². The van der Waals surface area contributed by atoms with Crippen LogP contribution in [0.15, 0.2) is 0 Å². The van der Waals surface area contributed by atoms with Gasteiger partial charge in [-0.2, -0.15) is 0 Å². The van der Waals surface area contributed by atoms with Gasteiger partial charge in [0.25, 0.3) is 0 Å². The molecular formula is C12H32Pb2. The van der Waals surface area contributed by atoms with Crippen LogP contribution in [-0.2, 0) is 0 Å². The van der Waals surface area contributed by atoms with Gasteiger partial charge in [0.15, 0.2) is 0 Å². The van der Waals surface area contributed by atoms with Crippen molar-refractivity contribution in [1.82, 2.24) is 0 Å². The van der Waals surface area contributed by atoms with Crippen molar-refractivity contribution < 1.29 is 0 Å². The van der Waals surface area contributed by atoms with Crippen LogP contribution in [0.2, 0.25) is 33.9 Å². The van der Waals surface area contributed by atoms with E-state index < -0.39 is 42.3 Å². The predicted molar refractivity (Wildman–Crippen MR) is 76.9 cm³/mol. The Balaban J connectivity index is 0. The van der Waals surface area contributed by atoms with Crippen LogP contribution in [-0.4, -0.2) is 42.3 Å². The van der Waals surface area contributed by atoms with Crippen molar-refractivity contribution in [2.75, 3.05) is 0 Å². The van der Waals surface area contributed by atoms with Crippen molar-refractivity contribution in [3.05, 3.63) is 0 Å². The maximum atomic E-state index is 2.41. The van der Waals surface area contributed by atoms with Gasteiger partial charge in [0.2, 0.25) is 0 Å². The fraction of sp³-hybridized carbons (Fsp3) is 1.00. The first-order valence-corrected chi connectivity index (χ1v) is 32.8. The summed E-state index contributed by atoms with van der Waals surface area (Å²) in [4.78, 5) is 0. The molecule has 0 amide bonds. The number of hydrogen-bond acceptors (Lipinski definition) is 0. The quantitative estimate of drug-likeness (QED) is 0.381. The molecule has 0 unspecified atom stereocenters. The van der Waals surface area contributed by atoms with Gasteiger partial charge in [0.1, 0.15) is 0 Å². The average molecular weight is 591 g/mol. The van der Waals surface area contributed by atoms with Gasteiger partial charge in [-0.15, -0.1) is 0 Å². The van der Waals surface area contributed by atoms with E-state index in [0.29, 0.717) is 0 Å². The van der Waals surface area contributed by atoms with E-state index in [0.717, 1.165) is 0 Å². The van der Waals surface area contributed by atoms with Gasteiger partial charge in [-0.05, 0) is 0 Å². The Kier molecular flexibility index (Phi) is 11.6. The molecule has 88 valence electrons. The Bertz CT molecular complexity index is 97.3. The van der Waals surface area contributed by atoms with Crippen LogP contribution in [0.3, 0.4) is 0 Å². The van der Waals surface area contributed by atoms with E-state index in [4.69, 9.17) is 0 Å². The summed E-state index contributed by atoms with van der Waals surface area (Å²) >= 11 is -2.78. The molecule has 0 aliphatic carbocycles. The van der Waals surface area contributed by atoms with Crippen LogP contribution in [0.5, 0.6) is 0 Å². The molecule has 0 rings (SSSR count). The molecule has 0 N–H and O–H groups in total. The van der Waals surface area contributed by atoms with Gasteiger partial charge in [-0.1, -0.05) is 0 Å². The summed E-state index contributed by atoms with van der Waals surface area (Å²) in [5.74, 6) is 0. The average Bonchev–Trinajstić information content (AvgIpc) is 2.07. The summed E-state index contributed by atoms with van der Waals surface area (Å²) in [5, 5.41) is 0. The van der Waals surface area contributed by atoms with Crippen molar-refractivity contribution in [2.24, 2.45) is 0 Å². The van der Waals surface area contributed by atoms with E-state index in [-0.39, 0.29) is 0 Å². The molecule has 0 heterocycles. The molecule has 0 aromatic heterocycles. The van der Waals surface area contributed by atoms with Crippen LogP contribution in [0, 0.1) is 0 Å². The van der Waals surface area contributed by atoms with Crippen molar-refractivity contribution in [1.29, 1.82) is 0 Å². The summed E-state index contributed by atoms with van der Waals surface area (Å²) in [7, 11) is 0. The zero-order valence-electron chi connectivity index (χ0n) is 11.8. The normalized spacial score (nSPS) is 12.0. The SMILES string of the molecule is C[CH2][Pb]([CH2]C)([CH2]C)[CH2]C.[CH3][Pb]([CH3])([CH3])[CH3]. The molecule has 0 aliphatic rings. The van der Waals surface area contributed by atoms with Crippen molar-refractivity contribution in [3.63, 3.8) is 0 Å². The molecular weight excluding hydrogens is 559 g/mol. The monoisotopic (exact) mass is 592 g/mol. The van der Waals surface area contributed by atoms with Gasteiger partial charge in [-0.3, -0.25) is 0 Å². The molecule has 0 radical (unpaired) electrons. The van der Waals surface area contributed by atoms with E-state index >= 15 is 0 Å². The van der Waals surface area contributed by atoms with E-state index in [1.165, 1.54) is 0 Å². The second-order valence-corrected chi connectivity index (χ2v) is 51.9. The van der Waals surface area contributed by atoms with Crippen molar-refractivity contribution >= 4 is 42.3 Å². The van der Waals surface area contributed by atoms with E-state index in [1.54, 1.807) is 15.9 Å². The van der Waals surface area contributed by atoms with Gasteiger partial charge in [-0.25, -0.2) is 0 Å². The summed E-state index contributed by atoms with van der Waals surface area (Å²) in [6, 6.07) is 0. The Labute approximate surface area is 103 Å². The predicted octanol–water partition coefficient (Wildman–Crippen LogP) is 5.47. The Morgan fingerprint density at radius 2 is 0.714 bits per heavy atom. The van der Waals surface area contributed by atoms with E-state index in [9.17, 15) is 0 Å². The first-order chi connectivity index (χ1) is 6.24. The molecule has 0 aromatic carbocycles. The third-order valence-corrected chi connectivity index (χ3v) is 26.3. The zero-order valence-corrected chi connectivity index (χ0v) is 19.6. The standard InChI is InChI=1S/4C2H5.4CH3.2Pb/c4*1-2;;;;;;/h4*1H2,2H3;4*1H3;;. The molecule has 0 saturated heterocycles. The van der Waals surface area contributed by atoms with E-state index in [1.807, 2.05) is 0 Å². The Morgan fingerprint density at radius 3 is 0.714 bits per heavy atom. The number of hydrogen-bond donors (Lipinski definition) is 0. The molecule has 0 nitrogen and oxygen atoms in total. The summed E-state index contributed by atoms with van der Waals surface area (Å²) in [6.45, 7) is 9.60. The van der Waals surface area contributed by atoms with Gasteiger partial charge < -0.3 is 0 Å². The van der Waals surface area contributed by atoms with Crippen LogP contribution < -0.4 is 0 Å². The third kappa shape index (κ3) is 11.9. The Hall–Kier alpha value is 1.84. The van der Waals surface area contributed by atoms with Gasteiger partial charge >= 0.3 is 104 Å². The fourth-order valence-electron chi connectivity index (χ4n) is 1.50. The molecule has 0 atom stereocenters. The molecule has 0 saturated carbocycles. The van der Waals surface area contributed by atoms with Crippen LogP contribution in [0.1, 0.15) is 27.7 Å². The molecule has 0 aliphatic heterocycles. The Morgan fingerprint density at radius 1 is 0.571 bits per heavy atom. The van der Waals surface area contributed by atoms with Crippen LogP contribution >= 0.6 is 0 Å². The molecule has 0 spiro atoms. The first-order valence-electron chi connectivity index (χ1n) is 6.24. The second-order valence-electron chi connectivity index (χ2n) is 5.91. The first kappa shape index (κ1) is 18.2. The van der Waals surface area contributed by atoms with Crippen molar-refractivity contribution in [2.45, 2.75) is 61.5 Å². The van der Waals surface area contributed by atoms with Crippen LogP contribution in [0.25, 0.3) is 0 Å². The molecule has 0 fully saturated rings. The number of rotatable bonds is 4. The van der Waals surface area contributed by atoms with Gasteiger partial charge in [0.05, 0.1) is 0 Å². The summed E-state index contributed by atoms with van der Waals surface area (Å²) in [5.41, 5.74) is 0. The molecule has 2 heteroatoms. The minimum absolute atomic E-state index is 1.28. The molecule has 14 heavy (non-hydrogen) atoms. The van der Waals surface area contributed by atoms with E-state index in [2.05, 4.69) is 45.6 Å². The third-order valence-electron chi connectivity index (χ3n) is 3.00. The molecule has 0 aromatic rings. The molecule has 0 bridgehead atoms.